The lowest BCUT2D eigenvalue weighted by molar-refractivity contribution is 0.0548. The minimum atomic E-state index is 0.703. The third-order valence-corrected chi connectivity index (χ3v) is 3.20. The summed E-state index contributed by atoms with van der Waals surface area (Å²) in [6.45, 7) is 4.74. The van der Waals surface area contributed by atoms with Crippen molar-refractivity contribution in [2.24, 2.45) is 5.92 Å². The highest BCUT2D eigenvalue weighted by atomic mass is 16.5. The molecule has 0 aromatic heterocycles. The number of ether oxygens (including phenoxy) is 2. The molecule has 0 spiro atoms. The van der Waals surface area contributed by atoms with Gasteiger partial charge in [-0.05, 0) is 43.9 Å². The zero-order valence-corrected chi connectivity index (χ0v) is 10.9. The predicted octanol–water partition coefficient (Wildman–Crippen LogP) is 2.47. The number of para-hydroxylation sites is 1. The SMILES string of the molecule is c1ccc(OCCCNCC2CCCOC2)cc1. The van der Waals surface area contributed by atoms with Crippen molar-refractivity contribution in [3.8, 4) is 5.75 Å². The molecule has 0 aliphatic carbocycles. The molecule has 1 atom stereocenters. The number of nitrogens with one attached hydrogen (secondary N) is 1. The average Bonchev–Trinajstić information content (AvgIpc) is 2.45. The van der Waals surface area contributed by atoms with Crippen molar-refractivity contribution in [1.29, 1.82) is 0 Å². The number of benzene rings is 1. The Morgan fingerprint density at radius 3 is 2.94 bits per heavy atom. The van der Waals surface area contributed by atoms with Crippen molar-refractivity contribution < 1.29 is 9.47 Å². The molecule has 1 unspecified atom stereocenters. The van der Waals surface area contributed by atoms with Crippen LogP contribution in [-0.2, 0) is 4.74 Å². The average molecular weight is 249 g/mol. The van der Waals surface area contributed by atoms with Gasteiger partial charge in [-0.3, -0.25) is 0 Å². The van der Waals surface area contributed by atoms with E-state index in [9.17, 15) is 0 Å². The smallest absolute Gasteiger partial charge is 0.119 e. The van der Waals surface area contributed by atoms with Crippen LogP contribution in [-0.4, -0.2) is 32.9 Å². The lowest BCUT2D eigenvalue weighted by atomic mass is 10.0. The molecule has 3 nitrogen and oxygen atoms in total. The third kappa shape index (κ3) is 5.07. The van der Waals surface area contributed by atoms with Crippen molar-refractivity contribution in [3.05, 3.63) is 30.3 Å². The summed E-state index contributed by atoms with van der Waals surface area (Å²) in [6.07, 6.45) is 3.56. The first-order chi connectivity index (χ1) is 8.95. The zero-order chi connectivity index (χ0) is 12.5. The first kappa shape index (κ1) is 13.4. The number of hydrogen-bond acceptors (Lipinski definition) is 3. The van der Waals surface area contributed by atoms with Gasteiger partial charge in [0.1, 0.15) is 5.75 Å². The Morgan fingerprint density at radius 2 is 2.17 bits per heavy atom. The van der Waals surface area contributed by atoms with Crippen molar-refractivity contribution in [2.45, 2.75) is 19.3 Å². The molecule has 0 saturated carbocycles. The van der Waals surface area contributed by atoms with Gasteiger partial charge in [0.25, 0.3) is 0 Å². The molecule has 1 aromatic rings. The normalized spacial score (nSPS) is 19.7. The highest BCUT2D eigenvalue weighted by Crippen LogP contribution is 2.12. The minimum absolute atomic E-state index is 0.703. The predicted molar refractivity (Wildman–Crippen MR) is 73.0 cm³/mol. The van der Waals surface area contributed by atoms with Crippen LogP contribution < -0.4 is 10.1 Å². The van der Waals surface area contributed by atoms with E-state index in [2.05, 4.69) is 5.32 Å². The summed E-state index contributed by atoms with van der Waals surface area (Å²) in [6, 6.07) is 9.98. The van der Waals surface area contributed by atoms with Crippen LogP contribution in [0.2, 0.25) is 0 Å². The topological polar surface area (TPSA) is 30.5 Å². The second kappa shape index (κ2) is 8.11. The molecule has 1 heterocycles. The maximum absolute atomic E-state index is 5.63. The molecule has 1 fully saturated rings. The first-order valence-electron chi connectivity index (χ1n) is 6.91. The van der Waals surface area contributed by atoms with E-state index < -0.39 is 0 Å². The Morgan fingerprint density at radius 1 is 1.28 bits per heavy atom. The highest BCUT2D eigenvalue weighted by Gasteiger charge is 2.12. The quantitative estimate of drug-likeness (QED) is 0.753. The zero-order valence-electron chi connectivity index (χ0n) is 10.9. The van der Waals surface area contributed by atoms with E-state index in [1.54, 1.807) is 0 Å². The number of rotatable bonds is 7. The molecular weight excluding hydrogens is 226 g/mol. The van der Waals surface area contributed by atoms with E-state index in [0.717, 1.165) is 45.1 Å². The number of hydrogen-bond donors (Lipinski definition) is 1. The molecule has 0 amide bonds. The molecule has 2 rings (SSSR count). The summed E-state index contributed by atoms with van der Waals surface area (Å²) in [4.78, 5) is 0. The van der Waals surface area contributed by atoms with E-state index in [-0.39, 0.29) is 0 Å². The molecule has 1 aliphatic rings. The lowest BCUT2D eigenvalue weighted by Crippen LogP contribution is -2.30. The summed E-state index contributed by atoms with van der Waals surface area (Å²) < 4.78 is 11.1. The van der Waals surface area contributed by atoms with Gasteiger partial charge in [0.2, 0.25) is 0 Å². The van der Waals surface area contributed by atoms with Crippen LogP contribution in [0.3, 0.4) is 0 Å². The lowest BCUT2D eigenvalue weighted by Gasteiger charge is -2.22. The molecule has 0 bridgehead atoms. The highest BCUT2D eigenvalue weighted by molar-refractivity contribution is 5.20. The molecule has 3 heteroatoms. The van der Waals surface area contributed by atoms with Crippen LogP contribution in [0.1, 0.15) is 19.3 Å². The van der Waals surface area contributed by atoms with Gasteiger partial charge in [-0.25, -0.2) is 0 Å². The Bertz CT molecular complexity index is 310. The van der Waals surface area contributed by atoms with E-state index in [4.69, 9.17) is 9.47 Å². The summed E-state index contributed by atoms with van der Waals surface area (Å²) in [5.41, 5.74) is 0. The maximum Gasteiger partial charge on any atom is 0.119 e. The van der Waals surface area contributed by atoms with E-state index >= 15 is 0 Å². The fourth-order valence-electron chi connectivity index (χ4n) is 2.18. The van der Waals surface area contributed by atoms with Gasteiger partial charge >= 0.3 is 0 Å². The molecular formula is C15H23NO2. The van der Waals surface area contributed by atoms with Crippen LogP contribution in [0.4, 0.5) is 0 Å². The van der Waals surface area contributed by atoms with Gasteiger partial charge in [0, 0.05) is 13.2 Å². The summed E-state index contributed by atoms with van der Waals surface area (Å²) in [7, 11) is 0. The molecule has 1 aromatic carbocycles. The van der Waals surface area contributed by atoms with Crippen LogP contribution >= 0.6 is 0 Å². The van der Waals surface area contributed by atoms with Crippen LogP contribution in [0, 0.1) is 5.92 Å². The molecule has 1 aliphatic heterocycles. The van der Waals surface area contributed by atoms with Gasteiger partial charge in [0.05, 0.1) is 13.2 Å². The minimum Gasteiger partial charge on any atom is -0.494 e. The molecule has 0 radical (unpaired) electrons. The summed E-state index contributed by atoms with van der Waals surface area (Å²) in [5, 5.41) is 3.48. The van der Waals surface area contributed by atoms with Crippen molar-refractivity contribution >= 4 is 0 Å². The Hall–Kier alpha value is -1.06. The first-order valence-corrected chi connectivity index (χ1v) is 6.91. The Kier molecular flexibility index (Phi) is 6.03. The van der Waals surface area contributed by atoms with Crippen LogP contribution in [0.5, 0.6) is 5.75 Å². The van der Waals surface area contributed by atoms with E-state index in [1.165, 1.54) is 12.8 Å². The monoisotopic (exact) mass is 249 g/mol. The third-order valence-electron chi connectivity index (χ3n) is 3.20. The van der Waals surface area contributed by atoms with Crippen LogP contribution in [0.25, 0.3) is 0 Å². The molecule has 18 heavy (non-hydrogen) atoms. The van der Waals surface area contributed by atoms with Gasteiger partial charge in [-0.2, -0.15) is 0 Å². The second-order valence-corrected chi connectivity index (χ2v) is 4.80. The molecule has 1 N–H and O–H groups in total. The van der Waals surface area contributed by atoms with Crippen LogP contribution in [0.15, 0.2) is 30.3 Å². The summed E-state index contributed by atoms with van der Waals surface area (Å²) >= 11 is 0. The fourth-order valence-corrected chi connectivity index (χ4v) is 2.18. The van der Waals surface area contributed by atoms with Gasteiger partial charge < -0.3 is 14.8 Å². The standard InChI is InChI=1S/C15H23NO2/c1-2-7-15(8-3-1)18-11-5-9-16-12-14-6-4-10-17-13-14/h1-3,7-8,14,16H,4-6,9-13H2. The molecule has 1 saturated heterocycles. The van der Waals surface area contributed by atoms with E-state index in [1.807, 2.05) is 30.3 Å². The Labute approximate surface area is 109 Å². The largest absolute Gasteiger partial charge is 0.494 e. The maximum atomic E-state index is 5.63. The van der Waals surface area contributed by atoms with Crippen molar-refractivity contribution in [1.82, 2.24) is 5.32 Å². The van der Waals surface area contributed by atoms with Gasteiger partial charge in [-0.15, -0.1) is 0 Å². The molecule has 100 valence electrons. The van der Waals surface area contributed by atoms with E-state index in [0.29, 0.717) is 5.92 Å². The van der Waals surface area contributed by atoms with Crippen molar-refractivity contribution in [2.75, 3.05) is 32.9 Å². The van der Waals surface area contributed by atoms with Crippen molar-refractivity contribution in [3.63, 3.8) is 0 Å². The van der Waals surface area contributed by atoms with Gasteiger partial charge in [0.15, 0.2) is 0 Å². The summed E-state index contributed by atoms with van der Waals surface area (Å²) in [5.74, 6) is 1.66. The fraction of sp³-hybridized carbons (Fsp3) is 0.600. The Balaban J connectivity index is 1.46. The second-order valence-electron chi connectivity index (χ2n) is 4.80. The van der Waals surface area contributed by atoms with Gasteiger partial charge in [-0.1, -0.05) is 18.2 Å².